The highest BCUT2D eigenvalue weighted by Crippen LogP contribution is 2.52. The molecule has 65 heavy (non-hydrogen) atoms. The van der Waals surface area contributed by atoms with E-state index < -0.39 is 35.3 Å². The summed E-state index contributed by atoms with van der Waals surface area (Å²) in [4.78, 5) is 12.2. The van der Waals surface area contributed by atoms with Gasteiger partial charge in [0, 0.05) is 28.3 Å². The Morgan fingerprint density at radius 1 is 0.662 bits per heavy atom. The molecule has 0 aromatic heterocycles. The summed E-state index contributed by atoms with van der Waals surface area (Å²) < 4.78 is 71.0. The van der Waals surface area contributed by atoms with Crippen LogP contribution < -0.4 is 9.47 Å². The van der Waals surface area contributed by atoms with Crippen LogP contribution in [0.15, 0.2) is 157 Å². The standard InChI is InChI=1S/C26H23ClF2O4.C25H21ClF2O.C3H6/c27-19-11-9-18(10-12-19)24(17-7-8-17)26(29,25(31)32)23(30)15-16-6-13-21(28)22(14-16)33-20-4-2-1-3-5-20;26-20-12-10-19(11-13-20)25(18-8-9-18)23(28)15-7-17-6-14-22(27)24(16-17)29-21-4-2-1-3-5-21;1-2-3-1/h1-6,9-14,17,23-24,30H,7-8,15H2,(H,31,32);1-6,10-16,18,25H,7-9H2;1-3H2/b;23-15-;/t23?,24-,26?;25-;/m00./s1. The maximum Gasteiger partial charge on any atom is 0.344 e. The molecule has 3 saturated carbocycles. The number of carboxylic acids is 1. The Bertz CT molecular complexity index is 2510. The molecule has 5 nitrogen and oxygen atoms in total. The molecule has 6 aromatic carbocycles. The molecule has 9 rings (SSSR count). The summed E-state index contributed by atoms with van der Waals surface area (Å²) in [7, 11) is 0. The first kappa shape index (κ1) is 47.4. The number of aliphatic hydroxyl groups is 1. The third-order valence-electron chi connectivity index (χ3n) is 11.5. The molecule has 3 aliphatic rings. The molecule has 3 aliphatic carbocycles. The van der Waals surface area contributed by atoms with E-state index in [0.717, 1.165) is 30.0 Å². The van der Waals surface area contributed by atoms with Gasteiger partial charge < -0.3 is 19.7 Å². The lowest BCUT2D eigenvalue weighted by Crippen LogP contribution is -2.52. The van der Waals surface area contributed by atoms with Crippen LogP contribution in [0.4, 0.5) is 17.6 Å². The van der Waals surface area contributed by atoms with E-state index in [0.29, 0.717) is 57.9 Å². The van der Waals surface area contributed by atoms with E-state index in [1.54, 1.807) is 97.1 Å². The summed E-state index contributed by atoms with van der Waals surface area (Å²) in [5.41, 5.74) is -0.387. The molecule has 0 amide bonds. The minimum absolute atomic E-state index is 0.0953. The van der Waals surface area contributed by atoms with Crippen LogP contribution in [0.1, 0.15) is 79.0 Å². The van der Waals surface area contributed by atoms with Crippen LogP contribution >= 0.6 is 23.2 Å². The van der Waals surface area contributed by atoms with Crippen LogP contribution in [0.3, 0.4) is 0 Å². The number of benzene rings is 6. The Kier molecular flexibility index (Phi) is 16.1. The molecular weight excluding hydrogens is 875 g/mol. The largest absolute Gasteiger partial charge is 0.479 e. The topological polar surface area (TPSA) is 76.0 Å². The van der Waals surface area contributed by atoms with Crippen molar-refractivity contribution in [2.75, 3.05) is 0 Å². The Morgan fingerprint density at radius 2 is 1.12 bits per heavy atom. The summed E-state index contributed by atoms with van der Waals surface area (Å²) in [6.07, 6.45) is 7.66. The van der Waals surface area contributed by atoms with Crippen molar-refractivity contribution in [2.24, 2.45) is 11.8 Å². The van der Waals surface area contributed by atoms with Gasteiger partial charge in [-0.3, -0.25) is 0 Å². The molecule has 11 heteroatoms. The first-order chi connectivity index (χ1) is 31.4. The van der Waals surface area contributed by atoms with Crippen molar-refractivity contribution in [1.82, 2.24) is 0 Å². The Hall–Kier alpha value is -5.61. The molecule has 0 aliphatic heterocycles. The van der Waals surface area contributed by atoms with Crippen molar-refractivity contribution < 1.29 is 42.0 Å². The second-order valence-corrected chi connectivity index (χ2v) is 17.6. The van der Waals surface area contributed by atoms with Gasteiger partial charge in [0.2, 0.25) is 5.67 Å². The molecule has 2 N–H and O–H groups in total. The number of halogens is 6. The van der Waals surface area contributed by atoms with Crippen LogP contribution in [0.25, 0.3) is 0 Å². The highest BCUT2D eigenvalue weighted by molar-refractivity contribution is 6.30. The molecule has 2 unspecified atom stereocenters. The Morgan fingerprint density at radius 3 is 1.58 bits per heavy atom. The van der Waals surface area contributed by atoms with E-state index in [2.05, 4.69) is 0 Å². The quantitative estimate of drug-likeness (QED) is 0.0946. The monoisotopic (exact) mass is 924 g/mol. The molecule has 0 bridgehead atoms. The fourth-order valence-electron chi connectivity index (χ4n) is 7.65. The van der Waals surface area contributed by atoms with E-state index in [1.165, 1.54) is 37.5 Å². The van der Waals surface area contributed by atoms with E-state index in [1.807, 2.05) is 30.3 Å². The predicted molar refractivity (Wildman–Crippen MR) is 248 cm³/mol. The number of allylic oxidation sites excluding steroid dienone is 2. The fourth-order valence-corrected chi connectivity index (χ4v) is 7.90. The number of hydrogen-bond acceptors (Lipinski definition) is 4. The van der Waals surface area contributed by atoms with Crippen molar-refractivity contribution in [3.63, 3.8) is 0 Å². The van der Waals surface area contributed by atoms with Gasteiger partial charge in [0.05, 0.1) is 0 Å². The first-order valence-electron chi connectivity index (χ1n) is 21.9. The fraction of sp³-hybridized carbons (Fsp3) is 0.278. The maximum atomic E-state index is 16.3. The van der Waals surface area contributed by atoms with Gasteiger partial charge in [-0.1, -0.05) is 115 Å². The van der Waals surface area contributed by atoms with Gasteiger partial charge in [-0.15, -0.1) is 0 Å². The SMILES string of the molecule is C1CC1.F/C(=C\Cc1ccc(F)c(Oc2ccccc2)c1)[C@H](c1ccc(Cl)cc1)C1CC1.O=C(O)C(F)(C(O)Cc1ccc(F)c(Oc2ccccc2)c1)[C@H](c1ccc(Cl)cc1)C1CC1. The van der Waals surface area contributed by atoms with Crippen LogP contribution in [-0.4, -0.2) is 28.0 Å². The summed E-state index contributed by atoms with van der Waals surface area (Å²) in [6, 6.07) is 39.9. The number of rotatable bonds is 16. The summed E-state index contributed by atoms with van der Waals surface area (Å²) in [5.74, 6) is -3.09. The number of aliphatic carboxylic acids is 1. The van der Waals surface area contributed by atoms with E-state index in [-0.39, 0.29) is 35.6 Å². The molecule has 0 radical (unpaired) electrons. The predicted octanol–water partition coefficient (Wildman–Crippen LogP) is 15.2. The number of carboxylic acid groups (broad SMARTS) is 1. The lowest BCUT2D eigenvalue weighted by atomic mass is 9.75. The van der Waals surface area contributed by atoms with Gasteiger partial charge >= 0.3 is 5.97 Å². The molecular formula is C54H50Cl2F4O5. The smallest absolute Gasteiger partial charge is 0.344 e. The van der Waals surface area contributed by atoms with Gasteiger partial charge in [0.15, 0.2) is 23.1 Å². The van der Waals surface area contributed by atoms with E-state index >= 15 is 8.78 Å². The van der Waals surface area contributed by atoms with Gasteiger partial charge in [0.1, 0.15) is 23.4 Å². The zero-order valence-corrected chi connectivity index (χ0v) is 37.1. The Balaban J connectivity index is 0.000000183. The van der Waals surface area contributed by atoms with Crippen molar-refractivity contribution in [3.8, 4) is 23.0 Å². The minimum Gasteiger partial charge on any atom is -0.479 e. The van der Waals surface area contributed by atoms with Crippen molar-refractivity contribution in [3.05, 3.63) is 201 Å². The number of hydrogen-bond donors (Lipinski definition) is 2. The highest BCUT2D eigenvalue weighted by Gasteiger charge is 2.57. The van der Waals surface area contributed by atoms with Crippen LogP contribution in [0.2, 0.25) is 10.0 Å². The Labute approximate surface area is 387 Å². The molecule has 0 saturated heterocycles. The third kappa shape index (κ3) is 13.2. The zero-order valence-electron chi connectivity index (χ0n) is 35.6. The second-order valence-electron chi connectivity index (χ2n) is 16.7. The van der Waals surface area contributed by atoms with Gasteiger partial charge in [0.25, 0.3) is 0 Å². The van der Waals surface area contributed by atoms with Crippen LogP contribution in [0.5, 0.6) is 23.0 Å². The molecule has 0 spiro atoms. The molecule has 0 heterocycles. The number of carbonyl (C=O) groups is 1. The molecule has 338 valence electrons. The normalized spacial score (nSPS) is 16.6. The summed E-state index contributed by atoms with van der Waals surface area (Å²) >= 11 is 11.9. The number of alkyl halides is 1. The molecule has 6 aromatic rings. The van der Waals surface area contributed by atoms with E-state index in [9.17, 15) is 23.8 Å². The highest BCUT2D eigenvalue weighted by atomic mass is 35.5. The molecule has 3 fully saturated rings. The minimum atomic E-state index is -2.94. The number of para-hydroxylation sites is 2. The van der Waals surface area contributed by atoms with Crippen LogP contribution in [0, 0.1) is 23.5 Å². The lowest BCUT2D eigenvalue weighted by molar-refractivity contribution is -0.163. The van der Waals surface area contributed by atoms with Crippen molar-refractivity contribution in [2.45, 2.75) is 81.4 Å². The lowest BCUT2D eigenvalue weighted by Gasteiger charge is -2.35. The zero-order chi connectivity index (χ0) is 45.9. The average molecular weight is 926 g/mol. The molecule has 4 atom stereocenters. The van der Waals surface area contributed by atoms with E-state index in [4.69, 9.17) is 32.7 Å². The first-order valence-corrected chi connectivity index (χ1v) is 22.6. The summed E-state index contributed by atoms with van der Waals surface area (Å²) in [6.45, 7) is 0. The maximum absolute atomic E-state index is 16.3. The second kappa shape index (κ2) is 22.1. The van der Waals surface area contributed by atoms with Crippen LogP contribution in [-0.2, 0) is 17.6 Å². The number of aliphatic hydroxyl groups excluding tert-OH is 1. The number of ether oxygens (including phenoxy) is 2. The van der Waals surface area contributed by atoms with Crippen molar-refractivity contribution >= 4 is 29.2 Å². The summed E-state index contributed by atoms with van der Waals surface area (Å²) in [5, 5.41) is 21.9. The van der Waals surface area contributed by atoms with Gasteiger partial charge in [-0.25, -0.2) is 22.4 Å². The van der Waals surface area contributed by atoms with Crippen molar-refractivity contribution in [1.29, 1.82) is 0 Å². The van der Waals surface area contributed by atoms with Gasteiger partial charge in [-0.05, 0) is 145 Å². The van der Waals surface area contributed by atoms with Gasteiger partial charge in [-0.2, -0.15) is 0 Å². The third-order valence-corrected chi connectivity index (χ3v) is 12.0. The average Bonchev–Trinajstić information content (AvgIpc) is 4.12.